The first-order valence-electron chi connectivity index (χ1n) is 10.9. The molecule has 1 aliphatic heterocycles. The summed E-state index contributed by atoms with van der Waals surface area (Å²) in [6.45, 7) is 6.15. The molecule has 0 aliphatic carbocycles. The van der Waals surface area contributed by atoms with Crippen molar-refractivity contribution in [2.45, 2.75) is 13.8 Å². The lowest BCUT2D eigenvalue weighted by Crippen LogP contribution is -2.36. The van der Waals surface area contributed by atoms with E-state index >= 15 is 0 Å². The molecule has 0 saturated carbocycles. The molecule has 0 unspecified atom stereocenters. The van der Waals surface area contributed by atoms with Gasteiger partial charge < -0.3 is 15.0 Å². The van der Waals surface area contributed by atoms with Crippen LogP contribution in [0.15, 0.2) is 48.7 Å². The van der Waals surface area contributed by atoms with E-state index in [9.17, 15) is 8.78 Å². The van der Waals surface area contributed by atoms with Gasteiger partial charge >= 0.3 is 0 Å². The van der Waals surface area contributed by atoms with Crippen molar-refractivity contribution in [2.75, 3.05) is 36.5 Å². The van der Waals surface area contributed by atoms with Crippen LogP contribution in [0.3, 0.4) is 0 Å². The van der Waals surface area contributed by atoms with Crippen molar-refractivity contribution in [3.05, 3.63) is 71.9 Å². The van der Waals surface area contributed by atoms with Gasteiger partial charge in [0.05, 0.1) is 25.1 Å². The lowest BCUT2D eigenvalue weighted by molar-refractivity contribution is 0.122. The summed E-state index contributed by atoms with van der Waals surface area (Å²) in [6, 6.07) is 11.9. The fourth-order valence-electron chi connectivity index (χ4n) is 3.93. The van der Waals surface area contributed by atoms with Crippen molar-refractivity contribution in [1.82, 2.24) is 24.7 Å². The van der Waals surface area contributed by atoms with Crippen LogP contribution in [0, 0.1) is 25.5 Å². The van der Waals surface area contributed by atoms with Gasteiger partial charge in [-0.2, -0.15) is 5.10 Å². The Morgan fingerprint density at radius 1 is 0.941 bits per heavy atom. The second-order valence-electron chi connectivity index (χ2n) is 7.98. The highest BCUT2D eigenvalue weighted by molar-refractivity contribution is 5.68. The van der Waals surface area contributed by atoms with Gasteiger partial charge in [0.2, 0.25) is 5.95 Å². The van der Waals surface area contributed by atoms with Crippen LogP contribution in [0.25, 0.3) is 16.9 Å². The van der Waals surface area contributed by atoms with Gasteiger partial charge in [-0.05, 0) is 56.3 Å². The molecule has 1 N–H and O–H groups in total. The predicted octanol–water partition coefficient (Wildman–Crippen LogP) is 4.20. The van der Waals surface area contributed by atoms with Gasteiger partial charge in [0.1, 0.15) is 23.2 Å². The molecule has 5 rings (SSSR count). The van der Waals surface area contributed by atoms with Crippen LogP contribution in [0.2, 0.25) is 0 Å². The van der Waals surface area contributed by atoms with E-state index in [4.69, 9.17) is 4.74 Å². The molecule has 1 fully saturated rings. The first-order chi connectivity index (χ1) is 16.5. The third-order valence-electron chi connectivity index (χ3n) is 5.52. The quantitative estimate of drug-likeness (QED) is 0.475. The van der Waals surface area contributed by atoms with E-state index in [0.29, 0.717) is 49.1 Å². The highest BCUT2D eigenvalue weighted by Gasteiger charge is 2.17. The highest BCUT2D eigenvalue weighted by atomic mass is 19.1. The fourth-order valence-corrected chi connectivity index (χ4v) is 3.93. The molecule has 2 aromatic heterocycles. The molecule has 3 heterocycles. The molecule has 0 amide bonds. The molecular formula is C24H23F2N7O. The Hall–Kier alpha value is -3.92. The zero-order valence-corrected chi connectivity index (χ0v) is 18.8. The van der Waals surface area contributed by atoms with Crippen molar-refractivity contribution in [2.24, 2.45) is 0 Å². The summed E-state index contributed by atoms with van der Waals surface area (Å²) in [5, 5.41) is 7.45. The topological polar surface area (TPSA) is 81.0 Å². The number of hydrogen-bond donors (Lipinski definition) is 1. The van der Waals surface area contributed by atoms with E-state index in [1.165, 1.54) is 12.1 Å². The summed E-state index contributed by atoms with van der Waals surface area (Å²) in [7, 11) is 0. The van der Waals surface area contributed by atoms with E-state index in [1.807, 2.05) is 43.0 Å². The van der Waals surface area contributed by atoms with Crippen molar-refractivity contribution in [3.8, 4) is 16.9 Å². The van der Waals surface area contributed by atoms with Gasteiger partial charge in [-0.15, -0.1) is 0 Å². The van der Waals surface area contributed by atoms with Crippen molar-refractivity contribution < 1.29 is 13.5 Å². The Labute approximate surface area is 195 Å². The molecule has 0 spiro atoms. The smallest absolute Gasteiger partial charge is 0.227 e. The average molecular weight is 463 g/mol. The van der Waals surface area contributed by atoms with Crippen LogP contribution in [-0.2, 0) is 4.74 Å². The van der Waals surface area contributed by atoms with Crippen LogP contribution in [0.1, 0.15) is 11.6 Å². The summed E-state index contributed by atoms with van der Waals surface area (Å²) in [6.07, 6.45) is 1.08. The third-order valence-corrected chi connectivity index (χ3v) is 5.52. The van der Waals surface area contributed by atoms with Gasteiger partial charge in [-0.25, -0.2) is 28.4 Å². The molecule has 174 valence electrons. The Balaban J connectivity index is 1.40. The third kappa shape index (κ3) is 4.58. The standard InChI is InChI=1S/C24H23F2N7O/c1-15-28-16(2)33(31-15)20-5-3-19(4-6-20)29-24-27-14-22(26)23(30-24)17-11-18(25)13-21(12-17)32-7-9-34-10-8-32/h3-6,11-14H,7-10H2,1-2H3,(H,27,29,30). The Morgan fingerprint density at radius 2 is 1.71 bits per heavy atom. The maximum Gasteiger partial charge on any atom is 0.227 e. The molecule has 0 bridgehead atoms. The van der Waals surface area contributed by atoms with Crippen molar-refractivity contribution >= 4 is 17.3 Å². The molecule has 1 aliphatic rings. The van der Waals surface area contributed by atoms with Crippen LogP contribution in [-0.4, -0.2) is 51.0 Å². The number of ether oxygens (including phenoxy) is 1. The zero-order chi connectivity index (χ0) is 23.7. The van der Waals surface area contributed by atoms with Gasteiger partial charge in [-0.3, -0.25) is 0 Å². The Bertz CT molecular complexity index is 1320. The highest BCUT2D eigenvalue weighted by Crippen LogP contribution is 2.28. The number of halogens is 2. The number of morpholine rings is 1. The monoisotopic (exact) mass is 463 g/mol. The number of benzene rings is 2. The Kier molecular flexibility index (Phi) is 5.89. The predicted molar refractivity (Wildman–Crippen MR) is 125 cm³/mol. The van der Waals surface area contributed by atoms with E-state index in [2.05, 4.69) is 25.4 Å². The maximum absolute atomic E-state index is 14.7. The minimum Gasteiger partial charge on any atom is -0.378 e. The molecule has 4 aromatic rings. The normalized spacial score (nSPS) is 13.8. The number of aromatic nitrogens is 5. The number of nitrogens with one attached hydrogen (secondary N) is 1. The lowest BCUT2D eigenvalue weighted by atomic mass is 10.1. The van der Waals surface area contributed by atoms with E-state index in [0.717, 1.165) is 17.7 Å². The number of anilines is 3. The van der Waals surface area contributed by atoms with E-state index in [1.54, 1.807) is 10.7 Å². The Morgan fingerprint density at radius 3 is 2.41 bits per heavy atom. The van der Waals surface area contributed by atoms with E-state index < -0.39 is 11.6 Å². The summed E-state index contributed by atoms with van der Waals surface area (Å²) in [4.78, 5) is 14.7. The van der Waals surface area contributed by atoms with Crippen LogP contribution in [0.4, 0.5) is 26.1 Å². The molecule has 1 saturated heterocycles. The molecule has 34 heavy (non-hydrogen) atoms. The summed E-state index contributed by atoms with van der Waals surface area (Å²) in [5.41, 5.74) is 2.61. The number of aryl methyl sites for hydroxylation is 2. The SMILES string of the molecule is Cc1nc(C)n(-c2ccc(Nc3ncc(F)c(-c4cc(F)cc(N5CCOCC5)c4)n3)cc2)n1. The van der Waals surface area contributed by atoms with Crippen LogP contribution in [0.5, 0.6) is 0 Å². The minimum absolute atomic E-state index is 0.0249. The van der Waals surface area contributed by atoms with E-state index in [-0.39, 0.29) is 11.6 Å². The summed E-state index contributed by atoms with van der Waals surface area (Å²) >= 11 is 0. The molecular weight excluding hydrogens is 440 g/mol. The van der Waals surface area contributed by atoms with Crippen LogP contribution < -0.4 is 10.2 Å². The summed E-state index contributed by atoms with van der Waals surface area (Å²) in [5.74, 6) is 0.601. The summed E-state index contributed by atoms with van der Waals surface area (Å²) < 4.78 is 36.2. The van der Waals surface area contributed by atoms with Gasteiger partial charge in [0, 0.05) is 30.0 Å². The lowest BCUT2D eigenvalue weighted by Gasteiger charge is -2.29. The molecule has 0 atom stereocenters. The zero-order valence-electron chi connectivity index (χ0n) is 18.8. The van der Waals surface area contributed by atoms with Crippen molar-refractivity contribution in [3.63, 3.8) is 0 Å². The first kappa shape index (κ1) is 21.9. The molecule has 8 nitrogen and oxygen atoms in total. The molecule has 10 heteroatoms. The first-order valence-corrected chi connectivity index (χ1v) is 10.9. The molecule has 2 aromatic carbocycles. The number of rotatable bonds is 5. The maximum atomic E-state index is 14.7. The van der Waals surface area contributed by atoms with Gasteiger partial charge in [-0.1, -0.05) is 0 Å². The van der Waals surface area contributed by atoms with Crippen LogP contribution >= 0.6 is 0 Å². The van der Waals surface area contributed by atoms with Gasteiger partial charge in [0.15, 0.2) is 5.82 Å². The molecule has 0 radical (unpaired) electrons. The largest absolute Gasteiger partial charge is 0.378 e. The second-order valence-corrected chi connectivity index (χ2v) is 7.98. The number of hydrogen-bond acceptors (Lipinski definition) is 7. The average Bonchev–Trinajstić information content (AvgIpc) is 3.18. The number of nitrogens with zero attached hydrogens (tertiary/aromatic N) is 6. The minimum atomic E-state index is -0.628. The van der Waals surface area contributed by atoms with Crippen molar-refractivity contribution in [1.29, 1.82) is 0 Å². The second kappa shape index (κ2) is 9.14. The fraction of sp³-hybridized carbons (Fsp3) is 0.250. The van der Waals surface area contributed by atoms with Gasteiger partial charge in [0.25, 0.3) is 0 Å².